The summed E-state index contributed by atoms with van der Waals surface area (Å²) in [6.07, 6.45) is -5.18. The lowest BCUT2D eigenvalue weighted by atomic mass is 10.1. The van der Waals surface area contributed by atoms with E-state index in [1.54, 1.807) is 13.1 Å². The van der Waals surface area contributed by atoms with Crippen LogP contribution in [-0.4, -0.2) is 30.5 Å². The number of carbonyl (C=O) groups excluding carboxylic acids is 1. The summed E-state index contributed by atoms with van der Waals surface area (Å²) in [5, 5.41) is 10.8. The number of aryl methyl sites for hydroxylation is 2. The van der Waals surface area contributed by atoms with Gasteiger partial charge in [-0.05, 0) is 37.1 Å². The van der Waals surface area contributed by atoms with Crippen LogP contribution in [-0.2, 0) is 25.8 Å². The summed E-state index contributed by atoms with van der Waals surface area (Å²) in [7, 11) is 3.01. The number of nitrogens with one attached hydrogen (secondary N) is 1. The largest absolute Gasteiger partial charge is 0.433 e. The van der Waals surface area contributed by atoms with Crippen molar-refractivity contribution in [1.82, 2.24) is 29.9 Å². The number of nitrogens with zero attached hydrogens (tertiary/aromatic N) is 5. The van der Waals surface area contributed by atoms with E-state index < -0.39 is 35.4 Å². The lowest BCUT2D eigenvalue weighted by Gasteiger charge is -2.17. The van der Waals surface area contributed by atoms with E-state index >= 15 is 0 Å². The molecule has 0 atom stereocenters. The Balaban J connectivity index is 1.61. The molecule has 3 aromatic heterocycles. The number of amides is 1. The molecule has 164 valence electrons. The fourth-order valence-electron chi connectivity index (χ4n) is 3.46. The lowest BCUT2D eigenvalue weighted by molar-refractivity contribution is -0.141. The first-order valence-corrected chi connectivity index (χ1v) is 9.23. The van der Waals surface area contributed by atoms with Crippen LogP contribution < -0.4 is 5.32 Å². The van der Waals surface area contributed by atoms with Crippen molar-refractivity contribution >= 4 is 5.91 Å². The number of carbonyl (C=O) groups is 1. The van der Waals surface area contributed by atoms with Gasteiger partial charge < -0.3 is 5.32 Å². The minimum absolute atomic E-state index is 0.0204. The first kappa shape index (κ1) is 20.9. The Bertz CT molecular complexity index is 1150. The second kappa shape index (κ2) is 7.13. The molecule has 3 aromatic rings. The molecule has 0 aliphatic heterocycles. The summed E-state index contributed by atoms with van der Waals surface area (Å²) < 4.78 is 67.2. The molecule has 0 spiro atoms. The summed E-state index contributed by atoms with van der Waals surface area (Å²) >= 11 is 0. The number of alkyl halides is 5. The summed E-state index contributed by atoms with van der Waals surface area (Å²) in [6, 6.07) is 4.96. The molecule has 12 heteroatoms. The molecule has 31 heavy (non-hydrogen) atoms. The van der Waals surface area contributed by atoms with E-state index in [2.05, 4.69) is 20.5 Å². The maximum absolute atomic E-state index is 13.0. The van der Waals surface area contributed by atoms with Crippen LogP contribution in [0.15, 0.2) is 30.5 Å². The number of rotatable bonds is 5. The van der Waals surface area contributed by atoms with Gasteiger partial charge in [-0.15, -0.1) is 0 Å². The zero-order chi connectivity index (χ0) is 22.6. The highest BCUT2D eigenvalue weighted by Crippen LogP contribution is 2.46. The van der Waals surface area contributed by atoms with Crippen LogP contribution >= 0.6 is 0 Å². The molecule has 7 nitrogen and oxygen atoms in total. The van der Waals surface area contributed by atoms with Crippen molar-refractivity contribution in [3.05, 3.63) is 53.2 Å². The van der Waals surface area contributed by atoms with Gasteiger partial charge in [-0.1, -0.05) is 0 Å². The van der Waals surface area contributed by atoms with Gasteiger partial charge in [-0.25, -0.2) is 8.78 Å². The SMILES string of the molecule is Cn1nc(C(F)F)cc1C(=O)NC1(c2cc(-c3ccnc(C(F)(F)F)c3)nn2C)CC1. The molecule has 1 aliphatic rings. The second-order valence-electron chi connectivity index (χ2n) is 7.38. The van der Waals surface area contributed by atoms with Crippen LogP contribution in [0.5, 0.6) is 0 Å². The summed E-state index contributed by atoms with van der Waals surface area (Å²) in [4.78, 5) is 16.0. The van der Waals surface area contributed by atoms with Crippen molar-refractivity contribution in [1.29, 1.82) is 0 Å². The average molecular weight is 440 g/mol. The molecule has 1 fully saturated rings. The molecule has 1 saturated carbocycles. The van der Waals surface area contributed by atoms with Crippen LogP contribution in [0.3, 0.4) is 0 Å². The van der Waals surface area contributed by atoms with Crippen LogP contribution in [0.2, 0.25) is 0 Å². The van der Waals surface area contributed by atoms with E-state index in [0.29, 0.717) is 24.2 Å². The summed E-state index contributed by atoms with van der Waals surface area (Å²) in [5.41, 5.74) is -1.21. The normalized spacial score (nSPS) is 15.4. The van der Waals surface area contributed by atoms with E-state index in [1.165, 1.54) is 17.8 Å². The minimum Gasteiger partial charge on any atom is -0.340 e. The van der Waals surface area contributed by atoms with Gasteiger partial charge in [0.2, 0.25) is 0 Å². The molecule has 1 N–H and O–H groups in total. The van der Waals surface area contributed by atoms with Crippen LogP contribution in [0, 0.1) is 0 Å². The number of aromatic nitrogens is 5. The third kappa shape index (κ3) is 3.89. The van der Waals surface area contributed by atoms with Crippen molar-refractivity contribution in [2.24, 2.45) is 14.1 Å². The van der Waals surface area contributed by atoms with Gasteiger partial charge in [-0.3, -0.25) is 19.1 Å². The van der Waals surface area contributed by atoms with E-state index in [1.807, 2.05) is 0 Å². The zero-order valence-electron chi connectivity index (χ0n) is 16.4. The predicted octanol–water partition coefficient (Wildman–Crippen LogP) is 3.59. The van der Waals surface area contributed by atoms with Crippen LogP contribution in [0.1, 0.15) is 46.8 Å². The maximum atomic E-state index is 13.0. The Morgan fingerprint density at radius 2 is 1.84 bits per heavy atom. The van der Waals surface area contributed by atoms with Gasteiger partial charge in [0.05, 0.1) is 16.9 Å². The zero-order valence-corrected chi connectivity index (χ0v) is 16.4. The van der Waals surface area contributed by atoms with Crippen molar-refractivity contribution in [3.8, 4) is 11.3 Å². The maximum Gasteiger partial charge on any atom is 0.433 e. The van der Waals surface area contributed by atoms with Gasteiger partial charge in [0.25, 0.3) is 12.3 Å². The van der Waals surface area contributed by atoms with Crippen molar-refractivity contribution in [2.45, 2.75) is 31.0 Å². The average Bonchev–Trinajstić information content (AvgIpc) is 3.17. The highest BCUT2D eigenvalue weighted by atomic mass is 19.4. The highest BCUT2D eigenvalue weighted by Gasteiger charge is 2.48. The Kier molecular flexibility index (Phi) is 4.82. The number of halogens is 5. The van der Waals surface area contributed by atoms with Crippen molar-refractivity contribution in [2.75, 3.05) is 0 Å². The molecule has 0 radical (unpaired) electrons. The van der Waals surface area contributed by atoms with E-state index in [9.17, 15) is 26.7 Å². The molecule has 0 saturated heterocycles. The fraction of sp³-hybridized carbons (Fsp3) is 0.368. The van der Waals surface area contributed by atoms with Gasteiger partial charge in [0.1, 0.15) is 17.1 Å². The molecule has 0 aromatic carbocycles. The van der Waals surface area contributed by atoms with Crippen molar-refractivity contribution < 1.29 is 26.7 Å². The van der Waals surface area contributed by atoms with Gasteiger partial charge in [0.15, 0.2) is 0 Å². The standard InChI is InChI=1S/C19H17F5N6O/c1-29-13(8-12(28-29)16(20)21)17(31)26-18(4-5-18)15-9-11(27-30(15)2)10-3-6-25-14(7-10)19(22,23)24/h3,6-9,16H,4-5H2,1-2H3,(H,26,31). The smallest absolute Gasteiger partial charge is 0.340 e. The predicted molar refractivity (Wildman–Crippen MR) is 98.0 cm³/mol. The van der Waals surface area contributed by atoms with Gasteiger partial charge >= 0.3 is 6.18 Å². The van der Waals surface area contributed by atoms with Gasteiger partial charge in [0, 0.05) is 25.9 Å². The molecule has 4 rings (SSSR count). The fourth-order valence-corrected chi connectivity index (χ4v) is 3.46. The molecular formula is C19H17F5N6O. The Labute approximate surface area is 172 Å². The molecule has 1 aliphatic carbocycles. The third-order valence-corrected chi connectivity index (χ3v) is 5.17. The first-order chi connectivity index (χ1) is 14.5. The molecule has 1 amide bonds. The van der Waals surface area contributed by atoms with E-state index in [0.717, 1.165) is 23.0 Å². The Morgan fingerprint density at radius 1 is 1.13 bits per heavy atom. The third-order valence-electron chi connectivity index (χ3n) is 5.17. The minimum atomic E-state index is -4.58. The van der Waals surface area contributed by atoms with E-state index in [-0.39, 0.29) is 11.3 Å². The van der Waals surface area contributed by atoms with Crippen molar-refractivity contribution in [3.63, 3.8) is 0 Å². The Hall–Kier alpha value is -3.31. The lowest BCUT2D eigenvalue weighted by Crippen LogP contribution is -2.37. The van der Waals surface area contributed by atoms with Crippen LogP contribution in [0.4, 0.5) is 22.0 Å². The first-order valence-electron chi connectivity index (χ1n) is 9.23. The van der Waals surface area contributed by atoms with E-state index in [4.69, 9.17) is 0 Å². The van der Waals surface area contributed by atoms with Crippen LogP contribution in [0.25, 0.3) is 11.3 Å². The molecule has 0 bridgehead atoms. The molecular weight excluding hydrogens is 423 g/mol. The summed E-state index contributed by atoms with van der Waals surface area (Å²) in [5.74, 6) is -0.578. The monoisotopic (exact) mass is 440 g/mol. The number of hydrogen-bond donors (Lipinski definition) is 1. The Morgan fingerprint density at radius 3 is 2.42 bits per heavy atom. The molecule has 3 heterocycles. The topological polar surface area (TPSA) is 77.6 Å². The quantitative estimate of drug-likeness (QED) is 0.616. The van der Waals surface area contributed by atoms with Gasteiger partial charge in [-0.2, -0.15) is 23.4 Å². The highest BCUT2D eigenvalue weighted by molar-refractivity contribution is 5.93. The molecule has 0 unspecified atom stereocenters. The second-order valence-corrected chi connectivity index (χ2v) is 7.38. The summed E-state index contributed by atoms with van der Waals surface area (Å²) in [6.45, 7) is 0. The number of hydrogen-bond acceptors (Lipinski definition) is 4. The number of pyridine rings is 1.